The Hall–Kier alpha value is -2.01. The fraction of sp³-hybridized carbons (Fsp3) is 0.556. The standard InChI is InChI=1S/C9H11N3O4/c1-2-4-5(11-8(4)14)3-6(13)7(12-10)9(15)16/h4-5H,2-3H2,1H3,(H,11,14)(H,15,16)/t4-,5-/m0/s1. The molecule has 0 unspecified atom stereocenters. The van der Waals surface area contributed by atoms with Gasteiger partial charge in [0.25, 0.3) is 5.78 Å². The van der Waals surface area contributed by atoms with Crippen molar-refractivity contribution in [1.82, 2.24) is 5.32 Å². The third-order valence-corrected chi connectivity index (χ3v) is 2.56. The number of ketones is 1. The Labute approximate surface area is 91.1 Å². The average Bonchev–Trinajstić information content (AvgIpc) is 2.17. The molecule has 0 aromatic carbocycles. The Morgan fingerprint density at radius 2 is 2.19 bits per heavy atom. The summed E-state index contributed by atoms with van der Waals surface area (Å²) in [6, 6.07) is -0.360. The maximum Gasteiger partial charge on any atom is 0.441 e. The van der Waals surface area contributed by atoms with Crippen molar-refractivity contribution in [2.24, 2.45) is 5.92 Å². The number of carboxylic acids is 1. The zero-order valence-corrected chi connectivity index (χ0v) is 8.64. The number of hydrogen-bond acceptors (Lipinski definition) is 3. The molecule has 2 atom stereocenters. The van der Waals surface area contributed by atoms with E-state index in [1.807, 2.05) is 0 Å². The maximum atomic E-state index is 11.4. The molecule has 1 aliphatic heterocycles. The zero-order chi connectivity index (χ0) is 12.3. The highest BCUT2D eigenvalue weighted by atomic mass is 16.4. The first kappa shape index (κ1) is 12.1. The highest BCUT2D eigenvalue weighted by Gasteiger charge is 2.41. The number of carboxylic acid groups (broad SMARTS) is 1. The SMILES string of the molecule is CC[C@@H]1C(=O)N[C@H]1CC(=O)C(=[N+]=[N-])C(=O)O. The van der Waals surface area contributed by atoms with Gasteiger partial charge < -0.3 is 16.0 Å². The lowest BCUT2D eigenvalue weighted by molar-refractivity contribution is -0.138. The van der Waals surface area contributed by atoms with Crippen LogP contribution in [0.25, 0.3) is 5.53 Å². The van der Waals surface area contributed by atoms with Gasteiger partial charge in [0, 0.05) is 12.5 Å². The predicted octanol–water partition coefficient (Wildman–Crippen LogP) is -0.774. The Morgan fingerprint density at radius 3 is 2.56 bits per heavy atom. The zero-order valence-electron chi connectivity index (χ0n) is 8.64. The minimum atomic E-state index is -1.58. The summed E-state index contributed by atoms with van der Waals surface area (Å²) in [7, 11) is 0. The van der Waals surface area contributed by atoms with Crippen molar-refractivity contribution in [3.8, 4) is 0 Å². The quantitative estimate of drug-likeness (QED) is 0.210. The van der Waals surface area contributed by atoms with Gasteiger partial charge in [-0.3, -0.25) is 9.59 Å². The monoisotopic (exact) mass is 225 g/mol. The summed E-state index contributed by atoms with van der Waals surface area (Å²) in [5, 5.41) is 11.0. The van der Waals surface area contributed by atoms with E-state index in [1.165, 1.54) is 0 Å². The first-order chi connectivity index (χ1) is 7.51. The summed E-state index contributed by atoms with van der Waals surface area (Å²) in [6.07, 6.45) is 0.429. The lowest BCUT2D eigenvalue weighted by Gasteiger charge is -2.35. The number of amides is 1. The van der Waals surface area contributed by atoms with Crippen molar-refractivity contribution in [3.63, 3.8) is 0 Å². The predicted molar refractivity (Wildman–Crippen MR) is 51.6 cm³/mol. The van der Waals surface area contributed by atoms with Crippen LogP contribution in [-0.2, 0) is 14.4 Å². The molecule has 0 aromatic heterocycles. The minimum Gasteiger partial charge on any atom is -0.472 e. The van der Waals surface area contributed by atoms with Crippen LogP contribution in [0.2, 0.25) is 0 Å². The van der Waals surface area contributed by atoms with Crippen LogP contribution < -0.4 is 5.32 Å². The molecule has 86 valence electrons. The summed E-state index contributed by atoms with van der Waals surface area (Å²) < 4.78 is 0. The number of carbonyl (C=O) groups excluding carboxylic acids is 2. The molecule has 0 saturated carbocycles. The molecule has 1 rings (SSSR count). The molecule has 0 aliphatic carbocycles. The summed E-state index contributed by atoms with van der Waals surface area (Å²) in [5.74, 6) is -2.78. The van der Waals surface area contributed by atoms with Crippen molar-refractivity contribution < 1.29 is 24.3 Å². The largest absolute Gasteiger partial charge is 0.472 e. The smallest absolute Gasteiger partial charge is 0.441 e. The van der Waals surface area contributed by atoms with Gasteiger partial charge in [0.05, 0.1) is 5.92 Å². The average molecular weight is 225 g/mol. The number of carbonyl (C=O) groups is 3. The highest BCUT2D eigenvalue weighted by Crippen LogP contribution is 2.21. The molecule has 7 heteroatoms. The molecular formula is C9H11N3O4. The maximum absolute atomic E-state index is 11.4. The van der Waals surface area contributed by atoms with Crippen molar-refractivity contribution in [1.29, 1.82) is 0 Å². The molecule has 7 nitrogen and oxygen atoms in total. The summed E-state index contributed by atoms with van der Waals surface area (Å²) in [5.41, 5.74) is 7.44. The second-order valence-electron chi connectivity index (χ2n) is 3.51. The van der Waals surface area contributed by atoms with Gasteiger partial charge in [-0.25, -0.2) is 4.79 Å². The van der Waals surface area contributed by atoms with Gasteiger partial charge >= 0.3 is 11.7 Å². The number of aliphatic carboxylic acids is 1. The molecule has 16 heavy (non-hydrogen) atoms. The van der Waals surface area contributed by atoms with E-state index in [0.717, 1.165) is 0 Å². The molecule has 1 amide bonds. The molecule has 1 saturated heterocycles. The van der Waals surface area contributed by atoms with Gasteiger partial charge in [-0.15, -0.1) is 0 Å². The molecule has 1 aliphatic rings. The van der Waals surface area contributed by atoms with E-state index in [4.69, 9.17) is 10.6 Å². The summed E-state index contributed by atoms with van der Waals surface area (Å²) in [6.45, 7) is 1.80. The molecule has 0 radical (unpaired) electrons. The van der Waals surface area contributed by atoms with E-state index in [9.17, 15) is 14.4 Å². The van der Waals surface area contributed by atoms with Gasteiger partial charge in [-0.05, 0) is 6.42 Å². The number of Topliss-reactive ketones (excluding diaryl/α,β-unsaturated/α-hetero) is 1. The number of hydrogen-bond donors (Lipinski definition) is 2. The van der Waals surface area contributed by atoms with Gasteiger partial charge in [-0.1, -0.05) is 6.92 Å². The van der Waals surface area contributed by atoms with Crippen molar-refractivity contribution >= 4 is 23.4 Å². The van der Waals surface area contributed by atoms with E-state index >= 15 is 0 Å². The summed E-state index contributed by atoms with van der Waals surface area (Å²) >= 11 is 0. The van der Waals surface area contributed by atoms with E-state index in [2.05, 4.69) is 10.1 Å². The Balaban J connectivity index is 2.63. The van der Waals surface area contributed by atoms with E-state index in [-0.39, 0.29) is 24.3 Å². The molecule has 0 spiro atoms. The first-order valence-corrected chi connectivity index (χ1v) is 4.80. The van der Waals surface area contributed by atoms with Crippen molar-refractivity contribution in [3.05, 3.63) is 5.53 Å². The number of rotatable bonds is 5. The van der Waals surface area contributed by atoms with E-state index in [1.54, 1.807) is 6.92 Å². The number of nitrogens with one attached hydrogen (secondary N) is 1. The first-order valence-electron chi connectivity index (χ1n) is 4.80. The van der Waals surface area contributed by atoms with Crippen LogP contribution in [0.3, 0.4) is 0 Å². The van der Waals surface area contributed by atoms with Gasteiger partial charge in [0.1, 0.15) is 0 Å². The lowest BCUT2D eigenvalue weighted by atomic mass is 9.84. The van der Waals surface area contributed by atoms with E-state index < -0.39 is 17.5 Å². The van der Waals surface area contributed by atoms with Crippen LogP contribution in [0.15, 0.2) is 0 Å². The topological polar surface area (TPSA) is 120 Å². The van der Waals surface area contributed by atoms with Gasteiger partial charge in [-0.2, -0.15) is 4.79 Å². The van der Waals surface area contributed by atoms with Gasteiger partial charge in [0.15, 0.2) is 0 Å². The van der Waals surface area contributed by atoms with Crippen LogP contribution >= 0.6 is 0 Å². The Morgan fingerprint density at radius 1 is 1.56 bits per heavy atom. The van der Waals surface area contributed by atoms with Crippen LogP contribution in [-0.4, -0.2) is 39.3 Å². The fourth-order valence-electron chi connectivity index (χ4n) is 1.65. The number of nitrogens with zero attached hydrogens (tertiary/aromatic N) is 2. The number of β-lactam (4-membered cyclic amide) rings is 1. The second kappa shape index (κ2) is 4.67. The van der Waals surface area contributed by atoms with Gasteiger partial charge in [0.2, 0.25) is 5.91 Å². The molecule has 2 N–H and O–H groups in total. The normalized spacial score (nSPS) is 22.7. The summed E-state index contributed by atoms with van der Waals surface area (Å²) in [4.78, 5) is 35.3. The van der Waals surface area contributed by atoms with Crippen LogP contribution in [0, 0.1) is 5.92 Å². The highest BCUT2D eigenvalue weighted by molar-refractivity contribution is 6.62. The third-order valence-electron chi connectivity index (χ3n) is 2.56. The van der Waals surface area contributed by atoms with E-state index in [0.29, 0.717) is 6.42 Å². The second-order valence-corrected chi connectivity index (χ2v) is 3.51. The third kappa shape index (κ3) is 2.14. The van der Waals surface area contributed by atoms with Crippen molar-refractivity contribution in [2.75, 3.05) is 0 Å². The molecule has 0 aromatic rings. The van der Waals surface area contributed by atoms with Crippen LogP contribution in [0.4, 0.5) is 0 Å². The molecule has 1 fully saturated rings. The van der Waals surface area contributed by atoms with Crippen LogP contribution in [0.1, 0.15) is 19.8 Å². The minimum absolute atomic E-state index is 0.141. The molecular weight excluding hydrogens is 214 g/mol. The van der Waals surface area contributed by atoms with Crippen molar-refractivity contribution in [2.45, 2.75) is 25.8 Å². The fourth-order valence-corrected chi connectivity index (χ4v) is 1.65. The molecule has 1 heterocycles. The Kier molecular flexibility index (Phi) is 3.52. The molecule has 0 bridgehead atoms. The van der Waals surface area contributed by atoms with Crippen LogP contribution in [0.5, 0.6) is 0 Å². The Bertz CT molecular complexity index is 398. The lowest BCUT2D eigenvalue weighted by Crippen LogP contribution is -2.59.